The summed E-state index contributed by atoms with van der Waals surface area (Å²) < 4.78 is 32.1. The lowest BCUT2D eigenvalue weighted by atomic mass is 9.41. The van der Waals surface area contributed by atoms with Crippen molar-refractivity contribution in [2.45, 2.75) is 131 Å². The Morgan fingerprint density at radius 1 is 0.975 bits per heavy atom. The normalized spacial score (nSPS) is 62.5. The summed E-state index contributed by atoms with van der Waals surface area (Å²) in [5.74, 6) is -0.987. The third-order valence-electron chi connectivity index (χ3n) is 13.5. The van der Waals surface area contributed by atoms with Crippen LogP contribution in [-0.4, -0.2) is 75.0 Å². The van der Waals surface area contributed by atoms with E-state index in [1.807, 2.05) is 6.92 Å². The number of hydrogen-bond acceptors (Lipinski definition) is 9. The van der Waals surface area contributed by atoms with E-state index in [0.29, 0.717) is 25.2 Å². The molecular weight excluding hydrogens is 516 g/mol. The van der Waals surface area contributed by atoms with Crippen LogP contribution in [0.15, 0.2) is 27.6 Å². The monoisotopic (exact) mass is 556 g/mol. The number of hydrogen-bond donors (Lipinski definition) is 3. The summed E-state index contributed by atoms with van der Waals surface area (Å²) in [6.45, 7) is 6.32. The molecule has 0 radical (unpaired) electrons. The maximum atomic E-state index is 12.8. The van der Waals surface area contributed by atoms with Crippen molar-refractivity contribution in [3.63, 3.8) is 0 Å². The van der Waals surface area contributed by atoms with E-state index in [4.69, 9.17) is 23.4 Å². The van der Waals surface area contributed by atoms with Crippen LogP contribution in [0.25, 0.3) is 0 Å². The average molecular weight is 557 g/mol. The summed E-state index contributed by atoms with van der Waals surface area (Å²) in [5.41, 5.74) is -3.64. The first-order valence-electron chi connectivity index (χ1n) is 15.3. The van der Waals surface area contributed by atoms with Crippen molar-refractivity contribution in [3.8, 4) is 0 Å². The van der Waals surface area contributed by atoms with Crippen LogP contribution < -0.4 is 5.63 Å². The summed E-state index contributed by atoms with van der Waals surface area (Å²) in [7, 11) is 0. The van der Waals surface area contributed by atoms with Gasteiger partial charge in [0.25, 0.3) is 0 Å². The molecule has 218 valence electrons. The number of fused-ring (bicyclic) bond motifs is 3. The Morgan fingerprint density at radius 2 is 1.75 bits per heavy atom. The summed E-state index contributed by atoms with van der Waals surface area (Å²) in [6, 6.07) is 3.09. The minimum atomic E-state index is -1.37. The van der Waals surface area contributed by atoms with Gasteiger partial charge in [-0.3, -0.25) is 0 Å². The van der Waals surface area contributed by atoms with Crippen LogP contribution in [0, 0.1) is 28.6 Å². The predicted molar refractivity (Wildman–Crippen MR) is 138 cm³/mol. The zero-order valence-corrected chi connectivity index (χ0v) is 23.3. The van der Waals surface area contributed by atoms with Gasteiger partial charge in [-0.05, 0) is 73.3 Å². The second-order valence-corrected chi connectivity index (χ2v) is 15.1. The van der Waals surface area contributed by atoms with Crippen LogP contribution in [0.4, 0.5) is 0 Å². The molecule has 4 heterocycles. The van der Waals surface area contributed by atoms with E-state index < -0.39 is 51.6 Å². The van der Waals surface area contributed by atoms with Gasteiger partial charge in [0, 0.05) is 23.8 Å². The Bertz CT molecular complexity index is 1310. The van der Waals surface area contributed by atoms with Crippen molar-refractivity contribution in [3.05, 3.63) is 34.4 Å². The molecule has 2 spiro atoms. The van der Waals surface area contributed by atoms with Gasteiger partial charge in [-0.2, -0.15) is 0 Å². The molecule has 5 aliphatic carbocycles. The fourth-order valence-corrected chi connectivity index (χ4v) is 11.7. The van der Waals surface area contributed by atoms with Crippen LogP contribution in [0.3, 0.4) is 0 Å². The van der Waals surface area contributed by atoms with Gasteiger partial charge in [0.05, 0.1) is 36.8 Å². The van der Waals surface area contributed by atoms with Crippen LogP contribution >= 0.6 is 0 Å². The molecule has 0 aromatic carbocycles. The molecular formula is C31H40O9. The van der Waals surface area contributed by atoms with Crippen molar-refractivity contribution in [2.24, 2.45) is 28.6 Å². The number of aliphatic hydroxyl groups excluding tert-OH is 2. The summed E-state index contributed by atoms with van der Waals surface area (Å²) >= 11 is 0. The first-order chi connectivity index (χ1) is 19.0. The molecule has 5 saturated carbocycles. The Balaban J connectivity index is 1.12. The zero-order valence-electron chi connectivity index (χ0n) is 23.3. The average Bonchev–Trinajstić information content (AvgIpc) is 3.42. The number of epoxide rings is 1. The molecule has 9 nitrogen and oxygen atoms in total. The Hall–Kier alpha value is -1.33. The second-order valence-electron chi connectivity index (χ2n) is 15.1. The lowest BCUT2D eigenvalue weighted by Crippen LogP contribution is -2.77. The van der Waals surface area contributed by atoms with Crippen molar-refractivity contribution in [1.29, 1.82) is 0 Å². The van der Waals surface area contributed by atoms with E-state index in [0.717, 1.165) is 31.2 Å². The molecule has 0 amide bonds. The molecule has 3 unspecified atom stereocenters. The van der Waals surface area contributed by atoms with Crippen molar-refractivity contribution in [2.75, 3.05) is 0 Å². The first-order valence-corrected chi connectivity index (χ1v) is 15.3. The third kappa shape index (κ3) is 2.61. The third-order valence-corrected chi connectivity index (χ3v) is 13.5. The molecule has 8 fully saturated rings. The largest absolute Gasteiger partial charge is 0.431 e. The highest BCUT2D eigenvalue weighted by Gasteiger charge is 2.89. The number of rotatable bonds is 1. The molecule has 16 atom stereocenters. The van der Waals surface area contributed by atoms with Crippen LogP contribution in [0.2, 0.25) is 0 Å². The Kier molecular flexibility index (Phi) is 4.67. The topological polar surface area (TPSA) is 131 Å². The molecule has 9 heteroatoms. The maximum Gasteiger partial charge on any atom is 0.335 e. The smallest absolute Gasteiger partial charge is 0.335 e. The van der Waals surface area contributed by atoms with Crippen molar-refractivity contribution >= 4 is 0 Å². The maximum absolute atomic E-state index is 12.8. The lowest BCUT2D eigenvalue weighted by Gasteiger charge is -2.66. The van der Waals surface area contributed by atoms with Gasteiger partial charge in [-0.15, -0.1) is 0 Å². The molecule has 1 aromatic rings. The van der Waals surface area contributed by atoms with Gasteiger partial charge in [-0.1, -0.05) is 20.8 Å². The van der Waals surface area contributed by atoms with E-state index in [2.05, 4.69) is 13.8 Å². The van der Waals surface area contributed by atoms with Crippen molar-refractivity contribution in [1.82, 2.24) is 0 Å². The standard InChI is InChI=1S/C31H40O9/c1-14-8-18-24-19(9-14)38-29(40-24)13-27(2)16(10-20(29)37-18)11-21-31(39-21)25(27)23(33)26(34)28(3)17(6-7-30(28,31)35)15-4-5-22(32)36-12-15/h4-5,12,14,16-21,23-26,33-35H,6-11,13H2,1-3H3/t14?,16-,17-,18+,19-,20-,21+,23+,24?,25?,26-,27+,28+,29+,30-,31+/m1/s1. The molecule has 8 aliphatic rings. The highest BCUT2D eigenvalue weighted by molar-refractivity contribution is 5.40. The number of aliphatic hydroxyl groups is 3. The SMILES string of the molecule is CC1C[C@@H]2O[C@@H]3C[C@@H]4C[C@@H]5O[C@]56C([C@H](O)[C@@H](O)[C@]5(C)[C@@H](c7ccc(=O)oc7)CC[C@@]56O)[C@@]4(C)C[C@]34OC2[C@@H](C1)O4. The van der Waals surface area contributed by atoms with Gasteiger partial charge in [0.15, 0.2) is 5.79 Å². The highest BCUT2D eigenvalue weighted by Crippen LogP contribution is 2.79. The van der Waals surface area contributed by atoms with E-state index >= 15 is 0 Å². The molecule has 1 aromatic heterocycles. The van der Waals surface area contributed by atoms with E-state index in [1.54, 1.807) is 6.07 Å². The highest BCUT2D eigenvalue weighted by atomic mass is 16.8. The van der Waals surface area contributed by atoms with Crippen LogP contribution in [0.1, 0.15) is 77.2 Å². The van der Waals surface area contributed by atoms with Gasteiger partial charge >= 0.3 is 5.63 Å². The van der Waals surface area contributed by atoms with Gasteiger partial charge in [0.1, 0.15) is 23.4 Å². The first kappa shape index (κ1) is 25.2. The fourth-order valence-electron chi connectivity index (χ4n) is 11.7. The molecule has 3 saturated heterocycles. The summed E-state index contributed by atoms with van der Waals surface area (Å²) in [5, 5.41) is 36.9. The molecule has 3 aliphatic heterocycles. The molecule has 3 N–H and O–H groups in total. The number of ether oxygens (including phenoxy) is 4. The van der Waals surface area contributed by atoms with E-state index in [-0.39, 0.29) is 42.4 Å². The summed E-state index contributed by atoms with van der Waals surface area (Å²) in [4.78, 5) is 11.7. The zero-order chi connectivity index (χ0) is 27.6. The molecule has 9 rings (SSSR count). The van der Waals surface area contributed by atoms with E-state index in [9.17, 15) is 20.1 Å². The Labute approximate surface area is 233 Å². The summed E-state index contributed by atoms with van der Waals surface area (Å²) in [6.07, 6.45) is 3.75. The van der Waals surface area contributed by atoms with Crippen LogP contribution in [0.5, 0.6) is 0 Å². The minimum absolute atomic E-state index is 0.0113. The molecule has 2 bridgehead atoms. The van der Waals surface area contributed by atoms with E-state index in [1.165, 1.54) is 12.3 Å². The molecule has 40 heavy (non-hydrogen) atoms. The van der Waals surface area contributed by atoms with Crippen molar-refractivity contribution < 1.29 is 38.7 Å². The fraction of sp³-hybridized carbons (Fsp3) is 0.839. The minimum Gasteiger partial charge on any atom is -0.431 e. The Morgan fingerprint density at radius 3 is 2.52 bits per heavy atom. The second kappa shape index (κ2) is 7.41. The van der Waals surface area contributed by atoms with Gasteiger partial charge in [0.2, 0.25) is 0 Å². The lowest BCUT2D eigenvalue weighted by molar-refractivity contribution is -0.349. The predicted octanol–water partition coefficient (Wildman–Crippen LogP) is 2.24. The quantitative estimate of drug-likeness (QED) is 0.446. The van der Waals surface area contributed by atoms with Gasteiger partial charge in [-0.25, -0.2) is 4.79 Å². The van der Waals surface area contributed by atoms with Gasteiger partial charge < -0.3 is 38.7 Å². The van der Waals surface area contributed by atoms with Crippen LogP contribution in [-0.2, 0) is 18.9 Å².